The normalized spacial score (nSPS) is 23.7. The summed E-state index contributed by atoms with van der Waals surface area (Å²) in [5.41, 5.74) is 1.55. The smallest absolute Gasteiger partial charge is 0.214 e. The van der Waals surface area contributed by atoms with Gasteiger partial charge in [-0.05, 0) is 81.9 Å². The Hall–Kier alpha value is -2.07. The summed E-state index contributed by atoms with van der Waals surface area (Å²) in [7, 11) is -1.69. The number of nitrogens with zero attached hydrogens (tertiary/aromatic N) is 3. The molecule has 0 unspecified atom stereocenters. The van der Waals surface area contributed by atoms with Crippen LogP contribution in [0.1, 0.15) is 79.1 Å². The lowest BCUT2D eigenvalue weighted by molar-refractivity contribution is 0.0919. The number of hydrogen-bond acceptors (Lipinski definition) is 7. The molecule has 0 amide bonds. The van der Waals surface area contributed by atoms with E-state index in [9.17, 15) is 13.2 Å². The summed E-state index contributed by atoms with van der Waals surface area (Å²) in [4.78, 5) is 15.4. The number of ether oxygens (including phenoxy) is 1. The van der Waals surface area contributed by atoms with Crippen LogP contribution in [0.5, 0.6) is 0 Å². The van der Waals surface area contributed by atoms with Crippen molar-refractivity contribution in [3.8, 4) is 0 Å². The fourth-order valence-electron chi connectivity index (χ4n) is 6.29. The third kappa shape index (κ3) is 7.78. The first-order valence-electron chi connectivity index (χ1n) is 14.7. The minimum Gasteiger partial charge on any atom is -0.385 e. The summed E-state index contributed by atoms with van der Waals surface area (Å²) in [5, 5.41) is 4.03. The third-order valence-electron chi connectivity index (χ3n) is 8.69. The number of Topliss-reactive ketones (excluding diaryl/α,β-unsaturated/α-hetero) is 1. The molecule has 0 bridgehead atoms. The van der Waals surface area contributed by atoms with Crippen molar-refractivity contribution in [3.63, 3.8) is 0 Å². The summed E-state index contributed by atoms with van der Waals surface area (Å²) in [6, 6.07) is 11.8. The maximum Gasteiger partial charge on any atom is 0.214 e. The molecule has 2 aromatic rings. The van der Waals surface area contributed by atoms with Crippen LogP contribution in [0.15, 0.2) is 40.9 Å². The largest absolute Gasteiger partial charge is 0.385 e. The van der Waals surface area contributed by atoms with E-state index in [-0.39, 0.29) is 29.4 Å². The molecule has 3 heterocycles. The highest BCUT2D eigenvalue weighted by molar-refractivity contribution is 7.89. The van der Waals surface area contributed by atoms with Gasteiger partial charge in [0, 0.05) is 51.3 Å². The molecule has 1 aromatic carbocycles. The maximum atomic E-state index is 13.8. The number of benzene rings is 1. The summed E-state index contributed by atoms with van der Waals surface area (Å²) < 4.78 is 39.9. The zero-order valence-electron chi connectivity index (χ0n) is 23.2. The standard InChI is InChI=1S/C30H43N3O5S/c1-37-17-5-13-32-14-10-24(11-15-32)22-39(35,36)33-16-12-25(19-27(33)18-23-6-3-2-4-7-23)20-29(34)28-21-30(38-31-28)26-8-9-26/h2-4,6-7,21,24-27H,5,8-20,22H2,1H3/t25-,27-/m0/s1. The highest BCUT2D eigenvalue weighted by Crippen LogP contribution is 2.40. The highest BCUT2D eigenvalue weighted by atomic mass is 32.2. The van der Waals surface area contributed by atoms with Gasteiger partial charge in [0.1, 0.15) is 11.5 Å². The minimum atomic E-state index is -3.41. The fourth-order valence-corrected chi connectivity index (χ4v) is 8.41. The molecule has 2 saturated heterocycles. The topological polar surface area (TPSA) is 93.0 Å². The lowest BCUT2D eigenvalue weighted by Gasteiger charge is -2.40. The van der Waals surface area contributed by atoms with Gasteiger partial charge >= 0.3 is 0 Å². The van der Waals surface area contributed by atoms with Gasteiger partial charge in [-0.15, -0.1) is 0 Å². The first-order chi connectivity index (χ1) is 18.9. The van der Waals surface area contributed by atoms with Crippen LogP contribution in [0.25, 0.3) is 0 Å². The quantitative estimate of drug-likeness (QED) is 0.264. The predicted molar refractivity (Wildman–Crippen MR) is 150 cm³/mol. The monoisotopic (exact) mass is 557 g/mol. The van der Waals surface area contributed by atoms with Gasteiger partial charge in [0.15, 0.2) is 5.78 Å². The number of methoxy groups -OCH3 is 1. The molecule has 3 fully saturated rings. The van der Waals surface area contributed by atoms with Crippen LogP contribution in [0.4, 0.5) is 0 Å². The molecule has 1 aromatic heterocycles. The Kier molecular flexibility index (Phi) is 9.53. The molecule has 1 saturated carbocycles. The number of carbonyl (C=O) groups is 1. The lowest BCUT2D eigenvalue weighted by Crippen LogP contribution is -2.49. The van der Waals surface area contributed by atoms with Crippen LogP contribution < -0.4 is 0 Å². The minimum absolute atomic E-state index is 0.00248. The highest BCUT2D eigenvalue weighted by Gasteiger charge is 2.38. The van der Waals surface area contributed by atoms with E-state index >= 15 is 0 Å². The predicted octanol–water partition coefficient (Wildman–Crippen LogP) is 4.53. The second kappa shape index (κ2) is 13.1. The summed E-state index contributed by atoms with van der Waals surface area (Å²) in [6.07, 6.45) is 7.48. The van der Waals surface area contributed by atoms with E-state index in [1.165, 1.54) is 0 Å². The molecule has 9 heteroatoms. The molecule has 8 nitrogen and oxygen atoms in total. The van der Waals surface area contributed by atoms with Crippen molar-refractivity contribution in [2.24, 2.45) is 11.8 Å². The molecular weight excluding hydrogens is 514 g/mol. The van der Waals surface area contributed by atoms with Crippen LogP contribution in [0.2, 0.25) is 0 Å². The average Bonchev–Trinajstić information content (AvgIpc) is 3.66. The number of carbonyl (C=O) groups excluding carboxylic acids is 1. The van der Waals surface area contributed by atoms with E-state index in [0.717, 1.165) is 69.7 Å². The van der Waals surface area contributed by atoms with Gasteiger partial charge in [-0.2, -0.15) is 4.31 Å². The summed E-state index contributed by atoms with van der Waals surface area (Å²) in [5.74, 6) is 1.79. The van der Waals surface area contributed by atoms with Crippen molar-refractivity contribution in [2.75, 3.05) is 45.6 Å². The molecule has 0 N–H and O–H groups in total. The van der Waals surface area contributed by atoms with Gasteiger partial charge in [0.25, 0.3) is 0 Å². The first kappa shape index (κ1) is 28.5. The second-order valence-corrected chi connectivity index (χ2v) is 13.7. The van der Waals surface area contributed by atoms with E-state index in [4.69, 9.17) is 9.26 Å². The van der Waals surface area contributed by atoms with Crippen LogP contribution in [-0.2, 0) is 21.2 Å². The molecule has 0 radical (unpaired) electrons. The Bertz CT molecular complexity index is 1170. The second-order valence-electron chi connectivity index (χ2n) is 11.8. The summed E-state index contributed by atoms with van der Waals surface area (Å²) >= 11 is 0. The van der Waals surface area contributed by atoms with Gasteiger partial charge < -0.3 is 14.2 Å². The van der Waals surface area contributed by atoms with E-state index in [1.807, 2.05) is 24.3 Å². The van der Waals surface area contributed by atoms with E-state index in [0.29, 0.717) is 43.8 Å². The SMILES string of the molecule is COCCCN1CCC(CS(=O)(=O)N2CC[C@H](CC(=O)c3cc(C4CC4)on3)C[C@@H]2Cc2ccccc2)CC1. The number of likely N-dealkylation sites (tertiary alicyclic amines) is 1. The van der Waals surface area contributed by atoms with Crippen molar-refractivity contribution >= 4 is 15.8 Å². The molecule has 39 heavy (non-hydrogen) atoms. The third-order valence-corrected chi connectivity index (χ3v) is 10.8. The molecule has 5 rings (SSSR count). The Labute approximate surface area is 233 Å². The van der Waals surface area contributed by atoms with Gasteiger partial charge in [0.2, 0.25) is 10.0 Å². The number of rotatable bonds is 13. The Morgan fingerprint density at radius 1 is 1.05 bits per heavy atom. The van der Waals surface area contributed by atoms with E-state index in [1.54, 1.807) is 11.4 Å². The molecule has 0 spiro atoms. The maximum absolute atomic E-state index is 13.8. The number of sulfonamides is 1. The van der Waals surface area contributed by atoms with E-state index in [2.05, 4.69) is 22.2 Å². The zero-order valence-corrected chi connectivity index (χ0v) is 24.0. The first-order valence-corrected chi connectivity index (χ1v) is 16.3. The molecular formula is C30H43N3O5S. The lowest BCUT2D eigenvalue weighted by atomic mass is 9.85. The number of hydrogen-bond donors (Lipinski definition) is 0. The Morgan fingerprint density at radius 3 is 2.51 bits per heavy atom. The fraction of sp³-hybridized carbons (Fsp3) is 0.667. The number of ketones is 1. The molecule has 1 aliphatic carbocycles. The van der Waals surface area contributed by atoms with E-state index < -0.39 is 10.0 Å². The van der Waals surface area contributed by atoms with Crippen molar-refractivity contribution in [1.29, 1.82) is 0 Å². The number of aromatic nitrogens is 1. The average molecular weight is 558 g/mol. The summed E-state index contributed by atoms with van der Waals surface area (Å²) in [6.45, 7) is 4.14. The van der Waals surface area contributed by atoms with Gasteiger partial charge in [0.05, 0.1) is 5.75 Å². The van der Waals surface area contributed by atoms with Gasteiger partial charge in [-0.3, -0.25) is 4.79 Å². The van der Waals surface area contributed by atoms with Crippen molar-refractivity contribution in [1.82, 2.24) is 14.4 Å². The van der Waals surface area contributed by atoms with Crippen LogP contribution in [0, 0.1) is 11.8 Å². The zero-order chi connectivity index (χ0) is 27.2. The van der Waals surface area contributed by atoms with Crippen LogP contribution in [0.3, 0.4) is 0 Å². The van der Waals surface area contributed by atoms with Crippen molar-refractivity contribution in [3.05, 3.63) is 53.4 Å². The van der Waals surface area contributed by atoms with Crippen LogP contribution >= 0.6 is 0 Å². The van der Waals surface area contributed by atoms with Gasteiger partial charge in [-0.1, -0.05) is 35.5 Å². The molecule has 2 atom stereocenters. The Morgan fingerprint density at radius 2 is 1.79 bits per heavy atom. The van der Waals surface area contributed by atoms with Crippen molar-refractivity contribution < 1.29 is 22.5 Å². The molecule has 2 aliphatic heterocycles. The van der Waals surface area contributed by atoms with Crippen molar-refractivity contribution in [2.45, 2.75) is 69.7 Å². The molecule has 3 aliphatic rings. The Balaban J connectivity index is 1.21. The molecule has 214 valence electrons. The number of piperidine rings is 2. The van der Waals surface area contributed by atoms with Crippen LogP contribution in [-0.4, -0.2) is 80.3 Å². The van der Waals surface area contributed by atoms with Gasteiger partial charge in [-0.25, -0.2) is 8.42 Å².